The lowest BCUT2D eigenvalue weighted by Crippen LogP contribution is -2.31. The van der Waals surface area contributed by atoms with Crippen LogP contribution in [0.25, 0.3) is 0 Å². The number of carbonyl (C=O) groups excluding carboxylic acids is 1. The van der Waals surface area contributed by atoms with Crippen molar-refractivity contribution in [3.8, 4) is 0 Å². The van der Waals surface area contributed by atoms with E-state index in [2.05, 4.69) is 20.9 Å². The number of halogens is 1. The highest BCUT2D eigenvalue weighted by molar-refractivity contribution is 9.10. The number of pyridine rings is 1. The summed E-state index contributed by atoms with van der Waals surface area (Å²) in [6.07, 6.45) is 1.73. The van der Waals surface area contributed by atoms with Crippen LogP contribution in [0.4, 0.5) is 5.69 Å². The molecule has 0 aliphatic rings. The Labute approximate surface area is 126 Å². The van der Waals surface area contributed by atoms with Gasteiger partial charge in [-0.2, -0.15) is 0 Å². The summed E-state index contributed by atoms with van der Waals surface area (Å²) in [6, 6.07) is 10.9. The highest BCUT2D eigenvalue weighted by Crippen LogP contribution is 2.21. The average molecular weight is 334 g/mol. The van der Waals surface area contributed by atoms with E-state index < -0.39 is 0 Å². The average Bonchev–Trinajstić information content (AvgIpc) is 2.47. The molecule has 2 rings (SSSR count). The molecule has 1 aromatic heterocycles. The molecule has 0 aliphatic heterocycles. The molecule has 0 radical (unpaired) electrons. The zero-order valence-corrected chi connectivity index (χ0v) is 12.8. The van der Waals surface area contributed by atoms with Crippen molar-refractivity contribution >= 4 is 27.5 Å². The van der Waals surface area contributed by atoms with Crippen molar-refractivity contribution in [1.82, 2.24) is 9.88 Å². The number of nitrogen functional groups attached to an aromatic ring is 1. The van der Waals surface area contributed by atoms with Crippen LogP contribution in [0.1, 0.15) is 23.0 Å². The number of benzene rings is 1. The van der Waals surface area contributed by atoms with Crippen LogP contribution in [0.15, 0.2) is 47.1 Å². The zero-order chi connectivity index (χ0) is 14.5. The van der Waals surface area contributed by atoms with E-state index in [0.29, 0.717) is 24.3 Å². The first kappa shape index (κ1) is 14.5. The fourth-order valence-corrected chi connectivity index (χ4v) is 2.31. The number of nitrogens with two attached hydrogens (primary N) is 1. The van der Waals surface area contributed by atoms with Gasteiger partial charge < -0.3 is 10.6 Å². The lowest BCUT2D eigenvalue weighted by Gasteiger charge is -2.21. The van der Waals surface area contributed by atoms with Gasteiger partial charge in [0.1, 0.15) is 0 Å². The molecule has 0 atom stereocenters. The summed E-state index contributed by atoms with van der Waals surface area (Å²) in [5, 5.41) is 0. The van der Waals surface area contributed by atoms with E-state index >= 15 is 0 Å². The number of anilines is 1. The smallest absolute Gasteiger partial charge is 0.255 e. The van der Waals surface area contributed by atoms with Gasteiger partial charge in [-0.05, 0) is 53.2 Å². The van der Waals surface area contributed by atoms with Crippen molar-refractivity contribution in [2.24, 2.45) is 0 Å². The minimum absolute atomic E-state index is 0.0580. The molecule has 5 heteroatoms. The molecule has 1 heterocycles. The topological polar surface area (TPSA) is 59.2 Å². The number of hydrogen-bond acceptors (Lipinski definition) is 3. The van der Waals surface area contributed by atoms with E-state index in [9.17, 15) is 4.79 Å². The Bertz CT molecular complexity index is 601. The quantitative estimate of drug-likeness (QED) is 0.874. The van der Waals surface area contributed by atoms with Crippen molar-refractivity contribution in [1.29, 1.82) is 0 Å². The van der Waals surface area contributed by atoms with Gasteiger partial charge in [-0.25, -0.2) is 0 Å². The summed E-state index contributed by atoms with van der Waals surface area (Å²) in [7, 11) is 0. The lowest BCUT2D eigenvalue weighted by molar-refractivity contribution is 0.0749. The predicted molar refractivity (Wildman–Crippen MR) is 83.2 cm³/mol. The Kier molecular flexibility index (Phi) is 4.74. The maximum absolute atomic E-state index is 12.6. The standard InChI is InChI=1S/C15H16BrN3O/c1-2-19(10-12-5-3-4-8-18-12)15(20)13-9-11(17)6-7-14(13)16/h3-9H,2,10,17H2,1H3. The third-order valence-corrected chi connectivity index (χ3v) is 3.66. The highest BCUT2D eigenvalue weighted by atomic mass is 79.9. The van der Waals surface area contributed by atoms with Crippen LogP contribution >= 0.6 is 15.9 Å². The van der Waals surface area contributed by atoms with Crippen LogP contribution in [0, 0.1) is 0 Å². The SMILES string of the molecule is CCN(Cc1ccccn1)C(=O)c1cc(N)ccc1Br. The van der Waals surface area contributed by atoms with Crippen LogP contribution in [0.3, 0.4) is 0 Å². The minimum atomic E-state index is -0.0580. The Balaban J connectivity index is 2.23. The Morgan fingerprint density at radius 3 is 2.80 bits per heavy atom. The molecule has 0 saturated carbocycles. The first-order valence-corrected chi connectivity index (χ1v) is 7.15. The third-order valence-electron chi connectivity index (χ3n) is 2.97. The molecular formula is C15H16BrN3O. The maximum atomic E-state index is 12.6. The molecule has 1 aromatic carbocycles. The molecule has 104 valence electrons. The first-order chi connectivity index (χ1) is 9.61. The lowest BCUT2D eigenvalue weighted by atomic mass is 10.1. The van der Waals surface area contributed by atoms with E-state index in [1.807, 2.05) is 25.1 Å². The van der Waals surface area contributed by atoms with Crippen molar-refractivity contribution in [2.75, 3.05) is 12.3 Å². The molecule has 4 nitrogen and oxygen atoms in total. The fraction of sp³-hybridized carbons (Fsp3) is 0.200. The van der Waals surface area contributed by atoms with Gasteiger partial charge in [0.2, 0.25) is 0 Å². The predicted octanol–water partition coefficient (Wildman–Crippen LogP) is 3.09. The molecule has 2 N–H and O–H groups in total. The molecule has 2 aromatic rings. The number of aromatic nitrogens is 1. The number of carbonyl (C=O) groups is 1. The summed E-state index contributed by atoms with van der Waals surface area (Å²) < 4.78 is 0.746. The molecule has 0 bridgehead atoms. The Morgan fingerprint density at radius 1 is 1.35 bits per heavy atom. The van der Waals surface area contributed by atoms with E-state index in [1.165, 1.54) is 0 Å². The van der Waals surface area contributed by atoms with E-state index in [1.54, 1.807) is 29.3 Å². The van der Waals surface area contributed by atoms with E-state index in [0.717, 1.165) is 10.2 Å². The second-order valence-electron chi connectivity index (χ2n) is 4.38. The monoisotopic (exact) mass is 333 g/mol. The number of rotatable bonds is 4. The van der Waals surface area contributed by atoms with E-state index in [4.69, 9.17) is 5.73 Å². The van der Waals surface area contributed by atoms with Crippen LogP contribution in [-0.4, -0.2) is 22.3 Å². The van der Waals surface area contributed by atoms with Crippen molar-refractivity contribution in [2.45, 2.75) is 13.5 Å². The molecule has 0 unspecified atom stereocenters. The third kappa shape index (κ3) is 3.36. The molecule has 20 heavy (non-hydrogen) atoms. The maximum Gasteiger partial charge on any atom is 0.255 e. The summed E-state index contributed by atoms with van der Waals surface area (Å²) in [6.45, 7) is 3.04. The number of amides is 1. The van der Waals surface area contributed by atoms with Crippen LogP contribution in [0.5, 0.6) is 0 Å². The fourth-order valence-electron chi connectivity index (χ4n) is 1.89. The highest BCUT2D eigenvalue weighted by Gasteiger charge is 2.17. The van der Waals surface area contributed by atoms with Crippen molar-refractivity contribution in [3.05, 3.63) is 58.3 Å². The molecule has 0 spiro atoms. The van der Waals surface area contributed by atoms with Crippen LogP contribution in [-0.2, 0) is 6.54 Å². The molecule has 0 aliphatic carbocycles. The summed E-state index contributed by atoms with van der Waals surface area (Å²) >= 11 is 3.40. The molecule has 1 amide bonds. The Morgan fingerprint density at radius 2 is 2.15 bits per heavy atom. The van der Waals surface area contributed by atoms with Gasteiger partial charge in [0.25, 0.3) is 5.91 Å². The minimum Gasteiger partial charge on any atom is -0.399 e. The molecule has 0 saturated heterocycles. The number of hydrogen-bond donors (Lipinski definition) is 1. The van der Waals surface area contributed by atoms with Gasteiger partial charge in [0, 0.05) is 22.9 Å². The summed E-state index contributed by atoms with van der Waals surface area (Å²) in [4.78, 5) is 18.6. The summed E-state index contributed by atoms with van der Waals surface area (Å²) in [5.41, 5.74) is 7.77. The van der Waals surface area contributed by atoms with Crippen LogP contribution < -0.4 is 5.73 Å². The van der Waals surface area contributed by atoms with E-state index in [-0.39, 0.29) is 5.91 Å². The van der Waals surface area contributed by atoms with Gasteiger partial charge >= 0.3 is 0 Å². The Hall–Kier alpha value is -1.88. The second kappa shape index (κ2) is 6.52. The normalized spacial score (nSPS) is 10.3. The number of nitrogens with zero attached hydrogens (tertiary/aromatic N) is 2. The zero-order valence-electron chi connectivity index (χ0n) is 11.2. The van der Waals surface area contributed by atoms with Crippen molar-refractivity contribution in [3.63, 3.8) is 0 Å². The van der Waals surface area contributed by atoms with Gasteiger partial charge in [-0.3, -0.25) is 9.78 Å². The molecule has 0 fully saturated rings. The van der Waals surface area contributed by atoms with Gasteiger partial charge in [-0.15, -0.1) is 0 Å². The van der Waals surface area contributed by atoms with Gasteiger partial charge in [-0.1, -0.05) is 6.07 Å². The second-order valence-corrected chi connectivity index (χ2v) is 5.23. The summed E-state index contributed by atoms with van der Waals surface area (Å²) in [5.74, 6) is -0.0580. The van der Waals surface area contributed by atoms with Crippen LogP contribution in [0.2, 0.25) is 0 Å². The first-order valence-electron chi connectivity index (χ1n) is 6.36. The molecular weight excluding hydrogens is 318 g/mol. The largest absolute Gasteiger partial charge is 0.399 e. The van der Waals surface area contributed by atoms with Gasteiger partial charge in [0.15, 0.2) is 0 Å². The van der Waals surface area contributed by atoms with Crippen molar-refractivity contribution < 1.29 is 4.79 Å². The van der Waals surface area contributed by atoms with Gasteiger partial charge in [0.05, 0.1) is 17.8 Å².